The van der Waals surface area contributed by atoms with Crippen LogP contribution in [0.1, 0.15) is 22.3 Å². The number of halogens is 2. The largest absolute Gasteiger partial charge is 0.490 e. The Morgan fingerprint density at radius 1 is 1.05 bits per heavy atom. The fraction of sp³-hybridized carbons (Fsp3) is 0.188. The first kappa shape index (κ1) is 14.7. The Kier molecular flexibility index (Phi) is 4.35. The predicted octanol–water partition coefficient (Wildman–Crippen LogP) is 4.34. The second-order valence-electron chi connectivity index (χ2n) is 4.67. The molecule has 0 aliphatic carbocycles. The molecule has 2 aromatic carbocycles. The third kappa shape index (κ3) is 3.16. The molecule has 21 heavy (non-hydrogen) atoms. The van der Waals surface area contributed by atoms with Gasteiger partial charge in [-0.1, -0.05) is 11.6 Å². The molecule has 0 saturated heterocycles. The lowest BCUT2D eigenvalue weighted by molar-refractivity contribution is 0.103. The number of fused-ring (bicyclic) bond motifs is 1. The van der Waals surface area contributed by atoms with Gasteiger partial charge in [0.25, 0.3) is 0 Å². The Hall–Kier alpha value is -1.27. The van der Waals surface area contributed by atoms with Crippen molar-refractivity contribution in [2.24, 2.45) is 0 Å². The van der Waals surface area contributed by atoms with Crippen LogP contribution in [0.4, 0.5) is 0 Å². The van der Waals surface area contributed by atoms with Gasteiger partial charge in [-0.25, -0.2) is 0 Å². The Morgan fingerprint density at radius 3 is 2.33 bits per heavy atom. The van der Waals surface area contributed by atoms with E-state index in [1.165, 1.54) is 0 Å². The van der Waals surface area contributed by atoms with Crippen LogP contribution in [0.5, 0.6) is 11.5 Å². The van der Waals surface area contributed by atoms with Crippen LogP contribution in [0.3, 0.4) is 0 Å². The van der Waals surface area contributed by atoms with Crippen molar-refractivity contribution in [3.05, 3.63) is 56.1 Å². The number of ketones is 1. The van der Waals surface area contributed by atoms with Crippen LogP contribution < -0.4 is 9.47 Å². The fourth-order valence-electron chi connectivity index (χ4n) is 2.11. The van der Waals surface area contributed by atoms with Gasteiger partial charge in [-0.3, -0.25) is 4.79 Å². The molecular formula is C16H12ClIO3. The molecule has 0 saturated carbocycles. The summed E-state index contributed by atoms with van der Waals surface area (Å²) in [5.74, 6) is 1.05. The average molecular weight is 415 g/mol. The number of ether oxygens (including phenoxy) is 2. The van der Waals surface area contributed by atoms with E-state index in [0.717, 1.165) is 9.99 Å². The van der Waals surface area contributed by atoms with Gasteiger partial charge < -0.3 is 9.47 Å². The molecule has 1 heterocycles. The number of carbonyl (C=O) groups excluding carboxylic acids is 1. The molecule has 1 aliphatic rings. The third-order valence-electron chi connectivity index (χ3n) is 3.19. The minimum Gasteiger partial charge on any atom is -0.490 e. The van der Waals surface area contributed by atoms with Gasteiger partial charge in [0.2, 0.25) is 0 Å². The molecule has 0 radical (unpaired) electrons. The van der Waals surface area contributed by atoms with E-state index in [4.69, 9.17) is 21.1 Å². The monoisotopic (exact) mass is 414 g/mol. The Morgan fingerprint density at radius 2 is 1.67 bits per heavy atom. The minimum absolute atomic E-state index is 0.118. The standard InChI is InChI=1S/C16H12ClIO3/c17-13-9-15-14(20-6-1-7-21-15)8-12(13)16(19)10-2-4-11(18)5-3-10/h2-5,8-9H,1,6-7H2. The lowest BCUT2D eigenvalue weighted by Crippen LogP contribution is -2.03. The van der Waals surface area contributed by atoms with Crippen molar-refractivity contribution in [2.75, 3.05) is 13.2 Å². The molecule has 0 amide bonds. The van der Waals surface area contributed by atoms with E-state index in [1.807, 2.05) is 12.1 Å². The normalized spacial score (nSPS) is 13.6. The Labute approximate surface area is 141 Å². The second kappa shape index (κ2) is 6.23. The van der Waals surface area contributed by atoms with Crippen molar-refractivity contribution in [2.45, 2.75) is 6.42 Å². The molecule has 0 bridgehead atoms. The lowest BCUT2D eigenvalue weighted by Gasteiger charge is -2.11. The number of hydrogen-bond donors (Lipinski definition) is 0. The van der Waals surface area contributed by atoms with E-state index in [0.29, 0.717) is 40.9 Å². The van der Waals surface area contributed by atoms with E-state index in [-0.39, 0.29) is 5.78 Å². The van der Waals surface area contributed by atoms with Crippen molar-refractivity contribution in [1.82, 2.24) is 0 Å². The highest BCUT2D eigenvalue weighted by molar-refractivity contribution is 14.1. The summed E-state index contributed by atoms with van der Waals surface area (Å²) in [7, 11) is 0. The van der Waals surface area contributed by atoms with Gasteiger partial charge in [-0.15, -0.1) is 0 Å². The second-order valence-corrected chi connectivity index (χ2v) is 6.32. The quantitative estimate of drug-likeness (QED) is 0.542. The summed E-state index contributed by atoms with van der Waals surface area (Å²) < 4.78 is 12.3. The van der Waals surface area contributed by atoms with Crippen LogP contribution in [-0.2, 0) is 0 Å². The van der Waals surface area contributed by atoms with Gasteiger partial charge >= 0.3 is 0 Å². The smallest absolute Gasteiger partial charge is 0.194 e. The van der Waals surface area contributed by atoms with Crippen LogP contribution in [0.25, 0.3) is 0 Å². The van der Waals surface area contributed by atoms with E-state index in [9.17, 15) is 4.79 Å². The molecule has 5 heteroatoms. The molecule has 108 valence electrons. The number of rotatable bonds is 2. The van der Waals surface area contributed by atoms with Crippen molar-refractivity contribution in [1.29, 1.82) is 0 Å². The zero-order chi connectivity index (χ0) is 14.8. The molecule has 0 atom stereocenters. The summed E-state index contributed by atoms with van der Waals surface area (Å²) in [5, 5.41) is 0.378. The molecule has 2 aromatic rings. The van der Waals surface area contributed by atoms with E-state index in [1.54, 1.807) is 24.3 Å². The van der Waals surface area contributed by atoms with Gasteiger partial charge in [0.1, 0.15) is 0 Å². The Bertz CT molecular complexity index is 683. The first-order chi connectivity index (χ1) is 10.1. The summed E-state index contributed by atoms with van der Waals surface area (Å²) in [5.41, 5.74) is 1.04. The number of benzene rings is 2. The molecule has 0 fully saturated rings. The highest BCUT2D eigenvalue weighted by Crippen LogP contribution is 2.35. The molecule has 3 rings (SSSR count). The lowest BCUT2D eigenvalue weighted by atomic mass is 10.0. The molecular weight excluding hydrogens is 403 g/mol. The van der Waals surface area contributed by atoms with Gasteiger partial charge in [0.15, 0.2) is 17.3 Å². The van der Waals surface area contributed by atoms with Gasteiger partial charge in [-0.2, -0.15) is 0 Å². The fourth-order valence-corrected chi connectivity index (χ4v) is 2.71. The molecule has 0 spiro atoms. The maximum atomic E-state index is 12.6. The van der Waals surface area contributed by atoms with Crippen LogP contribution in [0, 0.1) is 3.57 Å². The van der Waals surface area contributed by atoms with Crippen LogP contribution in [0.2, 0.25) is 5.02 Å². The highest BCUT2D eigenvalue weighted by Gasteiger charge is 2.19. The first-order valence-corrected chi connectivity index (χ1v) is 8.00. The minimum atomic E-state index is -0.118. The number of carbonyl (C=O) groups is 1. The molecule has 0 aromatic heterocycles. The van der Waals surface area contributed by atoms with E-state index < -0.39 is 0 Å². The van der Waals surface area contributed by atoms with Crippen molar-refractivity contribution in [3.63, 3.8) is 0 Å². The van der Waals surface area contributed by atoms with Gasteiger partial charge in [-0.05, 0) is 52.9 Å². The summed E-state index contributed by atoms with van der Waals surface area (Å²) in [4.78, 5) is 12.6. The third-order valence-corrected chi connectivity index (χ3v) is 4.22. The molecule has 3 nitrogen and oxygen atoms in total. The maximum Gasteiger partial charge on any atom is 0.194 e. The van der Waals surface area contributed by atoms with Gasteiger partial charge in [0, 0.05) is 27.2 Å². The molecule has 0 N–H and O–H groups in total. The zero-order valence-corrected chi connectivity index (χ0v) is 14.0. The highest BCUT2D eigenvalue weighted by atomic mass is 127. The van der Waals surface area contributed by atoms with Crippen LogP contribution >= 0.6 is 34.2 Å². The van der Waals surface area contributed by atoms with E-state index in [2.05, 4.69) is 22.6 Å². The molecule has 1 aliphatic heterocycles. The van der Waals surface area contributed by atoms with Crippen LogP contribution in [-0.4, -0.2) is 19.0 Å². The summed E-state index contributed by atoms with van der Waals surface area (Å²) in [6.07, 6.45) is 0.812. The first-order valence-electron chi connectivity index (χ1n) is 6.54. The van der Waals surface area contributed by atoms with Crippen LogP contribution in [0.15, 0.2) is 36.4 Å². The average Bonchev–Trinajstić information content (AvgIpc) is 2.71. The van der Waals surface area contributed by atoms with Crippen molar-refractivity contribution in [3.8, 4) is 11.5 Å². The Balaban J connectivity index is 2.00. The van der Waals surface area contributed by atoms with Gasteiger partial charge in [0.05, 0.1) is 18.2 Å². The topological polar surface area (TPSA) is 35.5 Å². The van der Waals surface area contributed by atoms with E-state index >= 15 is 0 Å². The maximum absolute atomic E-state index is 12.6. The SMILES string of the molecule is O=C(c1ccc(I)cc1)c1cc2c(cc1Cl)OCCCO2. The van der Waals surface area contributed by atoms with Crippen molar-refractivity contribution >= 4 is 40.0 Å². The summed E-state index contributed by atoms with van der Waals surface area (Å²) in [6, 6.07) is 10.7. The summed E-state index contributed by atoms with van der Waals surface area (Å²) in [6.45, 7) is 1.17. The number of hydrogen-bond acceptors (Lipinski definition) is 3. The summed E-state index contributed by atoms with van der Waals surface area (Å²) >= 11 is 8.43. The molecule has 0 unspecified atom stereocenters. The van der Waals surface area contributed by atoms with Crippen molar-refractivity contribution < 1.29 is 14.3 Å². The zero-order valence-electron chi connectivity index (χ0n) is 11.1. The predicted molar refractivity (Wildman–Crippen MR) is 89.7 cm³/mol.